The zero-order chi connectivity index (χ0) is 17.8. The van der Waals surface area contributed by atoms with Crippen molar-refractivity contribution >= 4 is 46.3 Å². The number of anilines is 1. The van der Waals surface area contributed by atoms with Gasteiger partial charge >= 0.3 is 0 Å². The molecule has 3 rings (SSSR count). The zero-order valence-electron chi connectivity index (χ0n) is 13.4. The van der Waals surface area contributed by atoms with Crippen molar-refractivity contribution in [3.05, 3.63) is 64.0 Å². The number of hydrogen-bond acceptors (Lipinski definition) is 5. The summed E-state index contributed by atoms with van der Waals surface area (Å²) in [5.74, 6) is 0.364. The third kappa shape index (κ3) is 4.15. The fourth-order valence-electron chi connectivity index (χ4n) is 2.29. The lowest BCUT2D eigenvalue weighted by atomic mass is 10.2. The first-order chi connectivity index (χ1) is 12.1. The SMILES string of the molecule is COc1cccc(/C=C2/SC(=O)N(CNc3cccc(Cl)c3)C2=O)c1. The van der Waals surface area contributed by atoms with Gasteiger partial charge in [-0.1, -0.05) is 29.8 Å². The molecule has 7 heteroatoms. The first kappa shape index (κ1) is 17.4. The summed E-state index contributed by atoms with van der Waals surface area (Å²) in [7, 11) is 1.58. The van der Waals surface area contributed by atoms with Gasteiger partial charge in [0.2, 0.25) is 0 Å². The van der Waals surface area contributed by atoms with Gasteiger partial charge in [-0.3, -0.25) is 14.5 Å². The summed E-state index contributed by atoms with van der Waals surface area (Å²) in [6, 6.07) is 14.4. The summed E-state index contributed by atoms with van der Waals surface area (Å²) in [6.45, 7) is 0.0838. The topological polar surface area (TPSA) is 58.6 Å². The van der Waals surface area contributed by atoms with E-state index < -0.39 is 0 Å². The molecule has 5 nitrogen and oxygen atoms in total. The first-order valence-corrected chi connectivity index (χ1v) is 8.65. The van der Waals surface area contributed by atoms with Gasteiger partial charge in [0.1, 0.15) is 5.75 Å². The van der Waals surface area contributed by atoms with Crippen LogP contribution in [0.5, 0.6) is 5.75 Å². The number of thioether (sulfide) groups is 1. The highest BCUT2D eigenvalue weighted by Crippen LogP contribution is 2.32. The number of rotatable bonds is 5. The summed E-state index contributed by atoms with van der Waals surface area (Å²) in [5, 5.41) is 3.30. The van der Waals surface area contributed by atoms with Crippen LogP contribution in [-0.2, 0) is 4.79 Å². The summed E-state index contributed by atoms with van der Waals surface area (Å²) in [5.41, 5.74) is 1.54. The largest absolute Gasteiger partial charge is 0.497 e. The fourth-order valence-corrected chi connectivity index (χ4v) is 3.32. The second-order valence-corrected chi connectivity index (χ2v) is 6.66. The van der Waals surface area contributed by atoms with Crippen LogP contribution in [0.15, 0.2) is 53.4 Å². The van der Waals surface area contributed by atoms with Crippen molar-refractivity contribution in [1.82, 2.24) is 4.90 Å². The molecule has 1 fully saturated rings. The number of nitrogens with one attached hydrogen (secondary N) is 1. The smallest absolute Gasteiger partial charge is 0.295 e. The van der Waals surface area contributed by atoms with Crippen molar-refractivity contribution < 1.29 is 14.3 Å². The van der Waals surface area contributed by atoms with E-state index in [0.29, 0.717) is 15.7 Å². The van der Waals surface area contributed by atoms with Gasteiger partial charge in [0, 0.05) is 10.7 Å². The first-order valence-electron chi connectivity index (χ1n) is 7.45. The highest BCUT2D eigenvalue weighted by molar-refractivity contribution is 8.18. The molecule has 2 amide bonds. The maximum Gasteiger partial charge on any atom is 0.295 e. The second-order valence-electron chi connectivity index (χ2n) is 5.23. The number of carbonyl (C=O) groups is 2. The average molecular weight is 375 g/mol. The van der Waals surface area contributed by atoms with Crippen molar-refractivity contribution in [2.45, 2.75) is 0 Å². The number of nitrogens with zero attached hydrogens (tertiary/aromatic N) is 1. The van der Waals surface area contributed by atoms with Crippen molar-refractivity contribution in [2.75, 3.05) is 19.1 Å². The Balaban J connectivity index is 1.72. The van der Waals surface area contributed by atoms with E-state index in [2.05, 4.69) is 5.32 Å². The van der Waals surface area contributed by atoms with Crippen LogP contribution in [0.1, 0.15) is 5.56 Å². The van der Waals surface area contributed by atoms with Crippen LogP contribution in [0.25, 0.3) is 6.08 Å². The third-order valence-electron chi connectivity index (χ3n) is 3.53. The number of ether oxygens (including phenoxy) is 1. The van der Waals surface area contributed by atoms with Crippen molar-refractivity contribution in [2.24, 2.45) is 0 Å². The van der Waals surface area contributed by atoms with Crippen LogP contribution in [-0.4, -0.2) is 29.8 Å². The Morgan fingerprint density at radius 3 is 2.76 bits per heavy atom. The zero-order valence-corrected chi connectivity index (χ0v) is 14.9. The minimum atomic E-state index is -0.327. The predicted octanol–water partition coefficient (Wildman–Crippen LogP) is 4.45. The van der Waals surface area contributed by atoms with E-state index in [0.717, 1.165) is 27.9 Å². The van der Waals surface area contributed by atoms with Gasteiger partial charge in [0.25, 0.3) is 11.1 Å². The van der Waals surface area contributed by atoms with E-state index >= 15 is 0 Å². The maximum absolute atomic E-state index is 12.5. The number of halogens is 1. The Bertz CT molecular complexity index is 854. The summed E-state index contributed by atoms with van der Waals surface area (Å²) >= 11 is 6.84. The molecule has 0 unspecified atom stereocenters. The molecule has 2 aromatic rings. The lowest BCUT2D eigenvalue weighted by Crippen LogP contribution is -2.33. The van der Waals surface area contributed by atoms with Gasteiger partial charge in [-0.25, -0.2) is 0 Å². The van der Waals surface area contributed by atoms with Gasteiger partial charge in [0.15, 0.2) is 0 Å². The van der Waals surface area contributed by atoms with Gasteiger partial charge in [0.05, 0.1) is 18.7 Å². The molecule has 25 heavy (non-hydrogen) atoms. The van der Waals surface area contributed by atoms with Crippen LogP contribution < -0.4 is 10.1 Å². The van der Waals surface area contributed by atoms with Crippen molar-refractivity contribution in [1.29, 1.82) is 0 Å². The molecular weight excluding hydrogens is 360 g/mol. The molecule has 0 atom stereocenters. The molecule has 2 aromatic carbocycles. The van der Waals surface area contributed by atoms with E-state index in [1.165, 1.54) is 0 Å². The van der Waals surface area contributed by atoms with Crippen LogP contribution in [0.2, 0.25) is 5.02 Å². The highest BCUT2D eigenvalue weighted by atomic mass is 35.5. The van der Waals surface area contributed by atoms with Crippen LogP contribution in [0.3, 0.4) is 0 Å². The minimum Gasteiger partial charge on any atom is -0.497 e. The van der Waals surface area contributed by atoms with E-state index in [1.54, 1.807) is 37.5 Å². The fraction of sp³-hybridized carbons (Fsp3) is 0.111. The van der Waals surface area contributed by atoms with Crippen LogP contribution >= 0.6 is 23.4 Å². The normalized spacial score (nSPS) is 15.8. The van der Waals surface area contributed by atoms with E-state index in [4.69, 9.17) is 16.3 Å². The molecular formula is C18H15ClN2O3S. The molecule has 0 spiro atoms. The molecule has 128 valence electrons. The van der Waals surface area contributed by atoms with Gasteiger partial charge in [-0.05, 0) is 53.7 Å². The number of amides is 2. The Hall–Kier alpha value is -2.44. The van der Waals surface area contributed by atoms with E-state index in [9.17, 15) is 9.59 Å². The van der Waals surface area contributed by atoms with Crippen molar-refractivity contribution in [3.63, 3.8) is 0 Å². The Labute approximate surface area is 154 Å². The van der Waals surface area contributed by atoms with Gasteiger partial charge < -0.3 is 10.1 Å². The molecule has 1 N–H and O–H groups in total. The van der Waals surface area contributed by atoms with Crippen molar-refractivity contribution in [3.8, 4) is 5.75 Å². The quantitative estimate of drug-likeness (QED) is 0.783. The molecule has 1 heterocycles. The monoisotopic (exact) mass is 374 g/mol. The molecule has 0 aromatic heterocycles. The van der Waals surface area contributed by atoms with Gasteiger partial charge in [-0.15, -0.1) is 0 Å². The minimum absolute atomic E-state index is 0.0838. The van der Waals surface area contributed by atoms with Gasteiger partial charge in [-0.2, -0.15) is 0 Å². The molecule has 1 saturated heterocycles. The summed E-state index contributed by atoms with van der Waals surface area (Å²) < 4.78 is 5.17. The third-order valence-corrected chi connectivity index (χ3v) is 4.67. The lowest BCUT2D eigenvalue weighted by Gasteiger charge is -2.14. The molecule has 1 aliphatic rings. The van der Waals surface area contributed by atoms with E-state index in [-0.39, 0.29) is 17.8 Å². The maximum atomic E-state index is 12.5. The molecule has 0 aliphatic carbocycles. The average Bonchev–Trinajstić information content (AvgIpc) is 2.87. The Morgan fingerprint density at radius 1 is 1.20 bits per heavy atom. The van der Waals surface area contributed by atoms with E-state index in [1.807, 2.05) is 24.3 Å². The second kappa shape index (κ2) is 7.63. The number of imide groups is 1. The Kier molecular flexibility index (Phi) is 5.31. The standard InChI is InChI=1S/C18H15ClN2O3S/c1-24-15-7-2-4-12(8-15)9-16-17(22)21(18(23)25-16)11-20-14-6-3-5-13(19)10-14/h2-10,20H,11H2,1H3/b16-9+. The number of methoxy groups -OCH3 is 1. The summed E-state index contributed by atoms with van der Waals surface area (Å²) in [6.07, 6.45) is 1.69. The lowest BCUT2D eigenvalue weighted by molar-refractivity contribution is -0.122. The van der Waals surface area contributed by atoms with Crippen LogP contribution in [0, 0.1) is 0 Å². The number of hydrogen-bond donors (Lipinski definition) is 1. The summed E-state index contributed by atoms with van der Waals surface area (Å²) in [4.78, 5) is 26.2. The number of benzene rings is 2. The Morgan fingerprint density at radius 2 is 2.00 bits per heavy atom. The van der Waals surface area contributed by atoms with Crippen LogP contribution in [0.4, 0.5) is 10.5 Å². The predicted molar refractivity (Wildman–Crippen MR) is 101 cm³/mol. The molecule has 0 saturated carbocycles. The molecule has 0 radical (unpaired) electrons. The molecule has 1 aliphatic heterocycles. The molecule has 0 bridgehead atoms. The highest BCUT2D eigenvalue weighted by Gasteiger charge is 2.34. The number of carbonyl (C=O) groups excluding carboxylic acids is 2.